The molecule has 2 aromatic carbocycles. The zero-order valence-electron chi connectivity index (χ0n) is 17.3. The Morgan fingerprint density at radius 2 is 1.90 bits per heavy atom. The van der Waals surface area contributed by atoms with Crippen LogP contribution in [0.15, 0.2) is 53.6 Å². The Kier molecular flexibility index (Phi) is 6.99. The molecule has 0 aliphatic rings. The highest BCUT2D eigenvalue weighted by Crippen LogP contribution is 2.27. The average Bonchev–Trinajstić information content (AvgIpc) is 2.75. The fraction of sp³-hybridized carbons (Fsp3) is 0.238. The molecule has 0 saturated carbocycles. The maximum atomic E-state index is 12.5. The molecule has 0 radical (unpaired) electrons. The number of nitrogens with one attached hydrogen (secondary N) is 2. The van der Waals surface area contributed by atoms with Gasteiger partial charge in [-0.3, -0.25) is 9.78 Å². The Balaban J connectivity index is 1.67. The number of halogens is 1. The molecule has 164 valence electrons. The van der Waals surface area contributed by atoms with Crippen LogP contribution in [0, 0.1) is 0 Å². The van der Waals surface area contributed by atoms with Gasteiger partial charge in [-0.2, -0.15) is 0 Å². The van der Waals surface area contributed by atoms with Gasteiger partial charge in [-0.1, -0.05) is 11.6 Å². The Hall–Kier alpha value is -2.88. The first kappa shape index (κ1) is 22.8. The Bertz CT molecular complexity index is 1220. The topological polar surface area (TPSA) is 101 Å². The molecule has 0 atom stereocenters. The van der Waals surface area contributed by atoms with Crippen LogP contribution in [0.25, 0.3) is 10.9 Å². The average molecular weight is 463 g/mol. The van der Waals surface area contributed by atoms with Crippen LogP contribution >= 0.6 is 11.6 Å². The fourth-order valence-electron chi connectivity index (χ4n) is 2.97. The lowest BCUT2D eigenvalue weighted by Gasteiger charge is -2.15. The number of benzene rings is 2. The highest BCUT2D eigenvalue weighted by Gasteiger charge is 2.23. The van der Waals surface area contributed by atoms with Gasteiger partial charge in [0, 0.05) is 55.0 Å². The van der Waals surface area contributed by atoms with Crippen LogP contribution < -0.4 is 15.4 Å². The molecule has 3 aromatic rings. The molecular weight excluding hydrogens is 440 g/mol. The Morgan fingerprint density at radius 1 is 1.13 bits per heavy atom. The molecule has 0 aliphatic carbocycles. The van der Waals surface area contributed by atoms with Crippen molar-refractivity contribution in [2.75, 3.05) is 39.6 Å². The molecule has 0 spiro atoms. The Labute approximate surface area is 186 Å². The van der Waals surface area contributed by atoms with Crippen molar-refractivity contribution >= 4 is 44.1 Å². The number of amides is 1. The quantitative estimate of drug-likeness (QED) is 0.499. The smallest absolute Gasteiger partial charge is 0.251 e. The summed E-state index contributed by atoms with van der Waals surface area (Å²) in [4.78, 5) is 16.8. The molecule has 3 rings (SSSR count). The van der Waals surface area contributed by atoms with Gasteiger partial charge >= 0.3 is 0 Å². The standard InChI is InChI=1S/C21H23ClN4O4S/c1-26(2)31(28,29)20-12-14(4-7-19(20)30-3)21(27)25-11-10-24-17-8-9-23-18-13-15(22)5-6-16(17)18/h4-9,12-13H,10-11H2,1-3H3,(H,23,24)(H,25,27). The van der Waals surface area contributed by atoms with E-state index in [0.29, 0.717) is 18.1 Å². The highest BCUT2D eigenvalue weighted by molar-refractivity contribution is 7.89. The van der Waals surface area contributed by atoms with Crippen molar-refractivity contribution in [1.29, 1.82) is 0 Å². The largest absolute Gasteiger partial charge is 0.495 e. The van der Waals surface area contributed by atoms with Crippen molar-refractivity contribution in [3.63, 3.8) is 0 Å². The number of ether oxygens (including phenoxy) is 1. The van der Waals surface area contributed by atoms with Gasteiger partial charge in [0.25, 0.3) is 5.91 Å². The van der Waals surface area contributed by atoms with Gasteiger partial charge < -0.3 is 15.4 Å². The van der Waals surface area contributed by atoms with Crippen molar-refractivity contribution < 1.29 is 17.9 Å². The van der Waals surface area contributed by atoms with Crippen LogP contribution in [0.1, 0.15) is 10.4 Å². The summed E-state index contributed by atoms with van der Waals surface area (Å²) in [7, 11) is 0.462. The van der Waals surface area contributed by atoms with E-state index in [1.807, 2.05) is 12.1 Å². The number of pyridine rings is 1. The number of aromatic nitrogens is 1. The highest BCUT2D eigenvalue weighted by atomic mass is 35.5. The minimum absolute atomic E-state index is 0.0623. The van der Waals surface area contributed by atoms with Crippen molar-refractivity contribution in [3.8, 4) is 5.75 Å². The predicted octanol–water partition coefficient (Wildman–Crippen LogP) is 2.99. The molecule has 0 fully saturated rings. The van der Waals surface area contributed by atoms with E-state index in [-0.39, 0.29) is 22.1 Å². The van der Waals surface area contributed by atoms with Crippen LogP contribution in [0.3, 0.4) is 0 Å². The van der Waals surface area contributed by atoms with E-state index in [2.05, 4.69) is 15.6 Å². The maximum Gasteiger partial charge on any atom is 0.251 e. The monoisotopic (exact) mass is 462 g/mol. The summed E-state index contributed by atoms with van der Waals surface area (Å²) in [6.07, 6.45) is 1.68. The van der Waals surface area contributed by atoms with Gasteiger partial charge in [0.1, 0.15) is 10.6 Å². The lowest BCUT2D eigenvalue weighted by atomic mass is 10.2. The van der Waals surface area contributed by atoms with E-state index < -0.39 is 10.0 Å². The first-order chi connectivity index (χ1) is 14.7. The number of anilines is 1. The SMILES string of the molecule is COc1ccc(C(=O)NCCNc2ccnc3cc(Cl)ccc23)cc1S(=O)(=O)N(C)C. The van der Waals surface area contributed by atoms with Crippen molar-refractivity contribution in [2.45, 2.75) is 4.90 Å². The van der Waals surface area contributed by atoms with Crippen LogP contribution in [0.5, 0.6) is 5.75 Å². The lowest BCUT2D eigenvalue weighted by Crippen LogP contribution is -2.29. The van der Waals surface area contributed by atoms with Gasteiger partial charge in [-0.25, -0.2) is 12.7 Å². The van der Waals surface area contributed by atoms with Crippen LogP contribution in [0.2, 0.25) is 5.02 Å². The van der Waals surface area contributed by atoms with Crippen LogP contribution in [-0.4, -0.2) is 57.9 Å². The molecule has 0 unspecified atom stereocenters. The lowest BCUT2D eigenvalue weighted by molar-refractivity contribution is 0.0955. The van der Waals surface area contributed by atoms with Gasteiger partial charge in [-0.15, -0.1) is 0 Å². The number of methoxy groups -OCH3 is 1. The van der Waals surface area contributed by atoms with Gasteiger partial charge in [0.05, 0.1) is 12.6 Å². The molecule has 0 bridgehead atoms. The second-order valence-corrected chi connectivity index (χ2v) is 9.41. The van der Waals surface area contributed by atoms with E-state index in [1.165, 1.54) is 39.4 Å². The zero-order valence-corrected chi connectivity index (χ0v) is 18.9. The molecule has 1 aromatic heterocycles. The third-order valence-electron chi connectivity index (χ3n) is 4.62. The normalized spacial score (nSPS) is 11.5. The molecule has 1 amide bonds. The summed E-state index contributed by atoms with van der Waals surface area (Å²) in [5.41, 5.74) is 1.87. The van der Waals surface area contributed by atoms with E-state index >= 15 is 0 Å². The number of hydrogen-bond acceptors (Lipinski definition) is 6. The number of sulfonamides is 1. The van der Waals surface area contributed by atoms with E-state index in [4.69, 9.17) is 16.3 Å². The second-order valence-electron chi connectivity index (χ2n) is 6.86. The van der Waals surface area contributed by atoms with Crippen molar-refractivity contribution in [1.82, 2.24) is 14.6 Å². The Morgan fingerprint density at radius 3 is 2.61 bits per heavy atom. The first-order valence-corrected chi connectivity index (χ1v) is 11.2. The maximum absolute atomic E-state index is 12.5. The number of fused-ring (bicyclic) bond motifs is 1. The molecule has 0 saturated heterocycles. The van der Waals surface area contributed by atoms with Gasteiger partial charge in [0.2, 0.25) is 10.0 Å². The molecule has 8 nitrogen and oxygen atoms in total. The first-order valence-electron chi connectivity index (χ1n) is 9.41. The second kappa shape index (κ2) is 9.51. The van der Waals surface area contributed by atoms with E-state index in [9.17, 15) is 13.2 Å². The van der Waals surface area contributed by atoms with Crippen molar-refractivity contribution in [3.05, 3.63) is 59.2 Å². The number of carbonyl (C=O) groups is 1. The summed E-state index contributed by atoms with van der Waals surface area (Å²) < 4.78 is 31.3. The summed E-state index contributed by atoms with van der Waals surface area (Å²) in [6.45, 7) is 0.796. The van der Waals surface area contributed by atoms with Gasteiger partial charge in [-0.05, 0) is 42.5 Å². The number of rotatable bonds is 8. The summed E-state index contributed by atoms with van der Waals surface area (Å²) >= 11 is 6.01. The summed E-state index contributed by atoms with van der Waals surface area (Å²) in [5.74, 6) is -0.206. The third kappa shape index (κ3) is 5.07. The molecule has 0 aliphatic heterocycles. The minimum atomic E-state index is -3.76. The molecule has 31 heavy (non-hydrogen) atoms. The molecule has 1 heterocycles. The fourth-order valence-corrected chi connectivity index (χ4v) is 4.21. The molecule has 10 heteroatoms. The summed E-state index contributed by atoms with van der Waals surface area (Å²) in [5, 5.41) is 7.58. The van der Waals surface area contributed by atoms with E-state index in [1.54, 1.807) is 18.3 Å². The third-order valence-corrected chi connectivity index (χ3v) is 6.69. The number of hydrogen-bond donors (Lipinski definition) is 2. The predicted molar refractivity (Wildman–Crippen MR) is 121 cm³/mol. The summed E-state index contributed by atoms with van der Waals surface area (Å²) in [6, 6.07) is 11.6. The van der Waals surface area contributed by atoms with Crippen LogP contribution in [0.4, 0.5) is 5.69 Å². The minimum Gasteiger partial charge on any atom is -0.495 e. The molecule has 2 N–H and O–H groups in total. The zero-order chi connectivity index (χ0) is 22.6. The van der Waals surface area contributed by atoms with Gasteiger partial charge in [0.15, 0.2) is 0 Å². The van der Waals surface area contributed by atoms with Crippen LogP contribution in [-0.2, 0) is 10.0 Å². The van der Waals surface area contributed by atoms with Crippen molar-refractivity contribution in [2.24, 2.45) is 0 Å². The number of carbonyl (C=O) groups excluding carboxylic acids is 1. The van der Waals surface area contributed by atoms with E-state index in [0.717, 1.165) is 20.9 Å². The molecular formula is C21H23ClN4O4S. The number of nitrogens with zero attached hydrogens (tertiary/aromatic N) is 2.